The molecule has 1 aliphatic rings. The first-order chi connectivity index (χ1) is 11.2. The molecule has 2 heterocycles. The van der Waals surface area contributed by atoms with E-state index in [1.807, 2.05) is 35.0 Å². The molecule has 0 aliphatic heterocycles. The first-order valence-corrected chi connectivity index (χ1v) is 7.91. The van der Waals surface area contributed by atoms with E-state index in [4.69, 9.17) is 5.10 Å². The Kier molecular flexibility index (Phi) is 3.33. The molecule has 5 nitrogen and oxygen atoms in total. The monoisotopic (exact) mass is 307 g/mol. The molecular weight excluding hydrogens is 290 g/mol. The Hall–Kier alpha value is -2.69. The van der Waals surface area contributed by atoms with Crippen LogP contribution in [0.5, 0.6) is 0 Å². The molecule has 1 saturated carbocycles. The van der Waals surface area contributed by atoms with Gasteiger partial charge in [-0.3, -0.25) is 0 Å². The first-order valence-electron chi connectivity index (χ1n) is 7.91. The zero-order valence-electron chi connectivity index (χ0n) is 12.6. The highest BCUT2D eigenvalue weighted by Gasteiger charge is 2.25. The Bertz CT molecular complexity index is 865. The third-order valence-corrected chi connectivity index (χ3v) is 4.54. The van der Waals surface area contributed by atoms with Gasteiger partial charge in [0.1, 0.15) is 0 Å². The summed E-state index contributed by atoms with van der Waals surface area (Å²) in [6.45, 7) is 0. The molecule has 1 N–H and O–H groups in total. The average Bonchev–Trinajstić information content (AvgIpc) is 3.22. The van der Waals surface area contributed by atoms with Gasteiger partial charge in [-0.15, -0.1) is 0 Å². The minimum atomic E-state index is -0.954. The number of hydrogen-bond acceptors (Lipinski definition) is 3. The van der Waals surface area contributed by atoms with Crippen molar-refractivity contribution in [3.05, 3.63) is 53.9 Å². The molecule has 23 heavy (non-hydrogen) atoms. The van der Waals surface area contributed by atoms with Crippen molar-refractivity contribution in [3.8, 4) is 5.69 Å². The number of nitrogens with zero attached hydrogens (tertiary/aromatic N) is 3. The van der Waals surface area contributed by atoms with Gasteiger partial charge in [-0.05, 0) is 31.0 Å². The lowest BCUT2D eigenvalue weighted by Gasteiger charge is -2.05. The molecule has 3 aromatic rings. The Morgan fingerprint density at radius 1 is 1.17 bits per heavy atom. The van der Waals surface area contributed by atoms with Gasteiger partial charge in [-0.1, -0.05) is 31.0 Å². The van der Waals surface area contributed by atoms with Crippen molar-refractivity contribution in [2.75, 3.05) is 0 Å². The molecule has 0 atom stereocenters. The minimum absolute atomic E-state index is 0.212. The molecule has 0 saturated heterocycles. The largest absolute Gasteiger partial charge is 0.478 e. The fourth-order valence-corrected chi connectivity index (χ4v) is 3.39. The standard InChI is InChI=1S/C18H17N3O2/c22-18(23)13-10-15-16(12-6-4-5-7-12)20-21(17(15)19-11-13)14-8-2-1-3-9-14/h1-3,8-12H,4-7H2,(H,22,23). The fourth-order valence-electron chi connectivity index (χ4n) is 3.39. The van der Waals surface area contributed by atoms with E-state index >= 15 is 0 Å². The summed E-state index contributed by atoms with van der Waals surface area (Å²) >= 11 is 0. The van der Waals surface area contributed by atoms with E-state index < -0.39 is 5.97 Å². The van der Waals surface area contributed by atoms with E-state index in [1.54, 1.807) is 6.07 Å². The second kappa shape index (κ2) is 5.50. The predicted molar refractivity (Wildman–Crippen MR) is 87.0 cm³/mol. The van der Waals surface area contributed by atoms with Crippen LogP contribution in [0.2, 0.25) is 0 Å². The third kappa shape index (κ3) is 2.38. The molecule has 1 aliphatic carbocycles. The maximum absolute atomic E-state index is 11.3. The number of fused-ring (bicyclic) bond motifs is 1. The molecule has 0 bridgehead atoms. The molecule has 1 aromatic carbocycles. The van der Waals surface area contributed by atoms with E-state index in [-0.39, 0.29) is 5.56 Å². The number of hydrogen-bond donors (Lipinski definition) is 1. The summed E-state index contributed by atoms with van der Waals surface area (Å²) in [5.74, 6) is -0.558. The lowest BCUT2D eigenvalue weighted by Crippen LogP contribution is -2.00. The maximum Gasteiger partial charge on any atom is 0.337 e. The summed E-state index contributed by atoms with van der Waals surface area (Å²) in [6, 6.07) is 11.6. The minimum Gasteiger partial charge on any atom is -0.478 e. The summed E-state index contributed by atoms with van der Waals surface area (Å²) in [5.41, 5.74) is 2.86. The number of rotatable bonds is 3. The Balaban J connectivity index is 1.95. The highest BCUT2D eigenvalue weighted by atomic mass is 16.4. The Morgan fingerprint density at radius 3 is 2.61 bits per heavy atom. The fraction of sp³-hybridized carbons (Fsp3) is 0.278. The van der Waals surface area contributed by atoms with E-state index in [0.717, 1.165) is 35.3 Å². The number of para-hydroxylation sites is 1. The van der Waals surface area contributed by atoms with Gasteiger partial charge >= 0.3 is 5.97 Å². The van der Waals surface area contributed by atoms with Crippen LogP contribution in [-0.2, 0) is 0 Å². The van der Waals surface area contributed by atoms with Gasteiger partial charge < -0.3 is 5.11 Å². The van der Waals surface area contributed by atoms with Crippen molar-refractivity contribution in [2.45, 2.75) is 31.6 Å². The molecule has 0 unspecified atom stereocenters. The zero-order valence-corrected chi connectivity index (χ0v) is 12.6. The number of pyridine rings is 1. The smallest absolute Gasteiger partial charge is 0.337 e. The highest BCUT2D eigenvalue weighted by Crippen LogP contribution is 2.37. The van der Waals surface area contributed by atoms with Crippen LogP contribution in [0.25, 0.3) is 16.7 Å². The summed E-state index contributed by atoms with van der Waals surface area (Å²) in [6.07, 6.45) is 6.04. The zero-order chi connectivity index (χ0) is 15.8. The average molecular weight is 307 g/mol. The normalized spacial score (nSPS) is 15.3. The van der Waals surface area contributed by atoms with Crippen LogP contribution in [0.15, 0.2) is 42.6 Å². The van der Waals surface area contributed by atoms with Crippen molar-refractivity contribution >= 4 is 17.0 Å². The van der Waals surface area contributed by atoms with Gasteiger partial charge in [-0.25, -0.2) is 14.5 Å². The topological polar surface area (TPSA) is 68.0 Å². The van der Waals surface area contributed by atoms with Crippen LogP contribution in [0.1, 0.15) is 47.7 Å². The van der Waals surface area contributed by atoms with Crippen LogP contribution in [0.3, 0.4) is 0 Å². The van der Waals surface area contributed by atoms with Crippen LogP contribution in [-0.4, -0.2) is 25.8 Å². The summed E-state index contributed by atoms with van der Waals surface area (Å²) in [5, 5.41) is 14.9. The maximum atomic E-state index is 11.3. The van der Waals surface area contributed by atoms with Crippen LogP contribution in [0, 0.1) is 0 Å². The quantitative estimate of drug-likeness (QED) is 0.799. The van der Waals surface area contributed by atoms with E-state index in [9.17, 15) is 9.90 Å². The summed E-state index contributed by atoms with van der Waals surface area (Å²) in [7, 11) is 0. The van der Waals surface area contributed by atoms with Gasteiger partial charge in [0.05, 0.1) is 16.9 Å². The first kappa shape index (κ1) is 13.9. The van der Waals surface area contributed by atoms with Crippen molar-refractivity contribution in [2.24, 2.45) is 0 Å². The lowest BCUT2D eigenvalue weighted by molar-refractivity contribution is 0.0696. The van der Waals surface area contributed by atoms with Crippen molar-refractivity contribution in [1.82, 2.24) is 14.8 Å². The third-order valence-electron chi connectivity index (χ3n) is 4.54. The van der Waals surface area contributed by atoms with Crippen LogP contribution in [0.4, 0.5) is 0 Å². The number of carboxylic acids is 1. The second-order valence-electron chi connectivity index (χ2n) is 6.01. The Labute approximate surface area is 133 Å². The van der Waals surface area contributed by atoms with Crippen LogP contribution >= 0.6 is 0 Å². The molecule has 0 spiro atoms. The number of aromatic nitrogens is 3. The van der Waals surface area contributed by atoms with Gasteiger partial charge in [0, 0.05) is 17.5 Å². The summed E-state index contributed by atoms with van der Waals surface area (Å²) < 4.78 is 1.83. The number of carbonyl (C=O) groups is 1. The molecule has 5 heteroatoms. The number of aromatic carboxylic acids is 1. The van der Waals surface area contributed by atoms with Gasteiger partial charge in [0.25, 0.3) is 0 Å². The SMILES string of the molecule is O=C(O)c1cnc2c(c1)c(C1CCCC1)nn2-c1ccccc1. The lowest BCUT2D eigenvalue weighted by atomic mass is 10.0. The molecule has 1 fully saturated rings. The number of carboxylic acid groups (broad SMARTS) is 1. The van der Waals surface area contributed by atoms with E-state index in [1.165, 1.54) is 19.0 Å². The van der Waals surface area contributed by atoms with Gasteiger partial charge in [-0.2, -0.15) is 5.10 Å². The number of benzene rings is 1. The van der Waals surface area contributed by atoms with E-state index in [2.05, 4.69) is 4.98 Å². The molecule has 2 aromatic heterocycles. The molecular formula is C18H17N3O2. The van der Waals surface area contributed by atoms with Gasteiger partial charge in [0.15, 0.2) is 5.65 Å². The second-order valence-corrected chi connectivity index (χ2v) is 6.01. The van der Waals surface area contributed by atoms with Crippen LogP contribution < -0.4 is 0 Å². The Morgan fingerprint density at radius 2 is 1.91 bits per heavy atom. The van der Waals surface area contributed by atoms with Crippen molar-refractivity contribution in [3.63, 3.8) is 0 Å². The molecule has 4 rings (SSSR count). The van der Waals surface area contributed by atoms with Crippen molar-refractivity contribution in [1.29, 1.82) is 0 Å². The van der Waals surface area contributed by atoms with Crippen molar-refractivity contribution < 1.29 is 9.90 Å². The molecule has 0 amide bonds. The molecule has 0 radical (unpaired) electrons. The predicted octanol–water partition coefficient (Wildman–Crippen LogP) is 3.78. The van der Waals surface area contributed by atoms with Gasteiger partial charge in [0.2, 0.25) is 0 Å². The summed E-state index contributed by atoms with van der Waals surface area (Å²) in [4.78, 5) is 15.7. The van der Waals surface area contributed by atoms with E-state index in [0.29, 0.717) is 5.92 Å². The highest BCUT2D eigenvalue weighted by molar-refractivity contribution is 5.93. The molecule has 116 valence electrons.